The number of amides is 1. The molecule has 8 nitrogen and oxygen atoms in total. The molecule has 0 radical (unpaired) electrons. The summed E-state index contributed by atoms with van der Waals surface area (Å²) in [6.07, 6.45) is 0.154. The SMILES string of the molecule is Cc1ccc(-n2nc(-c3c(C)nc4scc(CC(=O)N5CCOCC5)n4c3=O)cc2C)cc1. The monoisotopic (exact) mass is 463 g/mol. The number of fused-ring (bicyclic) bond motifs is 1. The van der Waals surface area contributed by atoms with Crippen molar-refractivity contribution in [2.24, 2.45) is 0 Å². The van der Waals surface area contributed by atoms with Gasteiger partial charge in [0, 0.05) is 29.9 Å². The third-order valence-electron chi connectivity index (χ3n) is 5.94. The average Bonchev–Trinajstić information content (AvgIpc) is 3.38. The molecule has 33 heavy (non-hydrogen) atoms. The van der Waals surface area contributed by atoms with Crippen molar-refractivity contribution in [3.8, 4) is 16.9 Å². The molecule has 0 atom stereocenters. The van der Waals surface area contributed by atoms with E-state index in [4.69, 9.17) is 9.84 Å². The maximum atomic E-state index is 13.6. The average molecular weight is 464 g/mol. The van der Waals surface area contributed by atoms with E-state index in [1.165, 1.54) is 16.9 Å². The lowest BCUT2D eigenvalue weighted by Crippen LogP contribution is -2.41. The first-order valence-corrected chi connectivity index (χ1v) is 11.8. The van der Waals surface area contributed by atoms with Gasteiger partial charge in [-0.3, -0.25) is 14.0 Å². The number of ether oxygens (including phenoxy) is 1. The van der Waals surface area contributed by atoms with Crippen LogP contribution in [0.15, 0.2) is 40.5 Å². The number of hydrogen-bond acceptors (Lipinski definition) is 6. The Morgan fingerprint density at radius 2 is 1.85 bits per heavy atom. The van der Waals surface area contributed by atoms with Crippen molar-refractivity contribution >= 4 is 22.2 Å². The maximum absolute atomic E-state index is 13.6. The summed E-state index contributed by atoms with van der Waals surface area (Å²) in [6.45, 7) is 8.08. The number of carbonyl (C=O) groups is 1. The predicted octanol–water partition coefficient (Wildman–Crippen LogP) is 2.94. The van der Waals surface area contributed by atoms with E-state index >= 15 is 0 Å². The van der Waals surface area contributed by atoms with Crippen LogP contribution < -0.4 is 5.56 Å². The zero-order valence-electron chi connectivity index (χ0n) is 18.9. The normalized spacial score (nSPS) is 14.2. The van der Waals surface area contributed by atoms with Gasteiger partial charge in [-0.2, -0.15) is 5.10 Å². The van der Waals surface area contributed by atoms with Crippen LogP contribution >= 0.6 is 11.3 Å². The van der Waals surface area contributed by atoms with Crippen LogP contribution in [0, 0.1) is 20.8 Å². The van der Waals surface area contributed by atoms with Gasteiger partial charge in [0.15, 0.2) is 4.96 Å². The predicted molar refractivity (Wildman–Crippen MR) is 127 cm³/mol. The van der Waals surface area contributed by atoms with E-state index in [9.17, 15) is 9.59 Å². The second-order valence-corrected chi connectivity index (χ2v) is 9.15. The van der Waals surface area contributed by atoms with E-state index in [0.29, 0.717) is 53.9 Å². The van der Waals surface area contributed by atoms with Crippen LogP contribution in [0.5, 0.6) is 0 Å². The molecular weight excluding hydrogens is 438 g/mol. The van der Waals surface area contributed by atoms with Crippen molar-refractivity contribution in [2.45, 2.75) is 27.2 Å². The molecule has 0 N–H and O–H groups in total. The van der Waals surface area contributed by atoms with E-state index in [1.807, 2.05) is 61.2 Å². The molecule has 0 unspecified atom stereocenters. The van der Waals surface area contributed by atoms with Gasteiger partial charge >= 0.3 is 0 Å². The minimum atomic E-state index is -0.197. The molecule has 4 aromatic rings. The van der Waals surface area contributed by atoms with Crippen LogP contribution in [-0.4, -0.2) is 56.3 Å². The molecule has 170 valence electrons. The fraction of sp³-hybridized carbons (Fsp3) is 0.333. The Hall–Kier alpha value is -3.30. The number of aryl methyl sites for hydroxylation is 3. The molecule has 1 aliphatic heterocycles. The molecule has 0 spiro atoms. The first-order valence-electron chi connectivity index (χ1n) is 10.9. The number of aromatic nitrogens is 4. The number of rotatable bonds is 4. The van der Waals surface area contributed by atoms with E-state index in [2.05, 4.69) is 4.98 Å². The molecule has 5 rings (SSSR count). The highest BCUT2D eigenvalue weighted by Gasteiger charge is 2.22. The molecule has 1 aliphatic rings. The highest BCUT2D eigenvalue weighted by Crippen LogP contribution is 2.24. The lowest BCUT2D eigenvalue weighted by molar-refractivity contribution is -0.134. The molecule has 1 fully saturated rings. The second kappa shape index (κ2) is 8.57. The third kappa shape index (κ3) is 3.98. The summed E-state index contributed by atoms with van der Waals surface area (Å²) in [6, 6.07) is 9.99. The van der Waals surface area contributed by atoms with Gasteiger partial charge in [0.25, 0.3) is 5.56 Å². The van der Waals surface area contributed by atoms with E-state index in [0.717, 1.165) is 11.4 Å². The topological polar surface area (TPSA) is 81.7 Å². The number of carbonyl (C=O) groups excluding carboxylic acids is 1. The molecule has 0 saturated carbocycles. The molecule has 3 aromatic heterocycles. The Labute approximate surface area is 195 Å². The molecule has 1 aromatic carbocycles. The number of nitrogens with zero attached hydrogens (tertiary/aromatic N) is 5. The van der Waals surface area contributed by atoms with Crippen molar-refractivity contribution in [1.82, 2.24) is 24.1 Å². The highest BCUT2D eigenvalue weighted by atomic mass is 32.1. The van der Waals surface area contributed by atoms with Crippen molar-refractivity contribution < 1.29 is 9.53 Å². The fourth-order valence-electron chi connectivity index (χ4n) is 4.15. The van der Waals surface area contributed by atoms with E-state index in [1.54, 1.807) is 9.30 Å². The molecule has 1 amide bonds. The fourth-order valence-corrected chi connectivity index (χ4v) is 5.07. The molecule has 0 aliphatic carbocycles. The summed E-state index contributed by atoms with van der Waals surface area (Å²) in [5, 5.41) is 6.58. The van der Waals surface area contributed by atoms with Crippen LogP contribution in [0.25, 0.3) is 21.9 Å². The number of hydrogen-bond donors (Lipinski definition) is 0. The minimum absolute atomic E-state index is 0.00785. The van der Waals surface area contributed by atoms with Crippen molar-refractivity contribution in [1.29, 1.82) is 0 Å². The summed E-state index contributed by atoms with van der Waals surface area (Å²) in [5.41, 5.74) is 5.14. The van der Waals surface area contributed by atoms with Crippen LogP contribution in [0.4, 0.5) is 0 Å². The van der Waals surface area contributed by atoms with Gasteiger partial charge in [0.2, 0.25) is 5.91 Å². The summed E-state index contributed by atoms with van der Waals surface area (Å²) in [7, 11) is 0. The van der Waals surface area contributed by atoms with E-state index in [-0.39, 0.29) is 17.9 Å². The molecule has 4 heterocycles. The number of benzene rings is 1. The Kier molecular flexibility index (Phi) is 5.59. The molecule has 1 saturated heterocycles. The number of thiazole rings is 1. The van der Waals surface area contributed by atoms with E-state index < -0.39 is 0 Å². The number of morpholine rings is 1. The zero-order chi connectivity index (χ0) is 23.1. The van der Waals surface area contributed by atoms with Gasteiger partial charge < -0.3 is 9.64 Å². The largest absolute Gasteiger partial charge is 0.378 e. The first kappa shape index (κ1) is 21.5. The van der Waals surface area contributed by atoms with Crippen LogP contribution in [0.2, 0.25) is 0 Å². The summed E-state index contributed by atoms with van der Waals surface area (Å²) in [5.74, 6) is -0.00785. The summed E-state index contributed by atoms with van der Waals surface area (Å²) < 4.78 is 8.73. The van der Waals surface area contributed by atoms with Crippen LogP contribution in [0.1, 0.15) is 22.6 Å². The Bertz CT molecular complexity index is 1390. The quantitative estimate of drug-likeness (QED) is 0.465. The lowest BCUT2D eigenvalue weighted by Gasteiger charge is -2.26. The molecule has 9 heteroatoms. The Morgan fingerprint density at radius 3 is 2.58 bits per heavy atom. The highest BCUT2D eigenvalue weighted by molar-refractivity contribution is 7.15. The van der Waals surface area contributed by atoms with Gasteiger partial charge in [-0.05, 0) is 39.0 Å². The van der Waals surface area contributed by atoms with Crippen molar-refractivity contribution in [3.05, 3.63) is 68.7 Å². The van der Waals surface area contributed by atoms with Gasteiger partial charge in [0.05, 0.1) is 36.6 Å². The Morgan fingerprint density at radius 1 is 1.12 bits per heavy atom. The Balaban J connectivity index is 1.55. The van der Waals surface area contributed by atoms with Crippen LogP contribution in [-0.2, 0) is 16.0 Å². The van der Waals surface area contributed by atoms with Gasteiger partial charge in [-0.1, -0.05) is 17.7 Å². The van der Waals surface area contributed by atoms with Crippen LogP contribution in [0.3, 0.4) is 0 Å². The van der Waals surface area contributed by atoms with Gasteiger partial charge in [0.1, 0.15) is 5.69 Å². The second-order valence-electron chi connectivity index (χ2n) is 8.31. The van der Waals surface area contributed by atoms with Gasteiger partial charge in [-0.25, -0.2) is 9.67 Å². The zero-order valence-corrected chi connectivity index (χ0v) is 19.7. The standard InChI is InChI=1S/C24H25N5O3S/c1-15-4-6-18(7-5-15)29-16(2)12-20(26-29)22-17(3)25-24-28(23(22)31)19(14-33-24)13-21(30)27-8-10-32-11-9-27/h4-7,12,14H,8-11,13H2,1-3H3. The molecular formula is C24H25N5O3S. The summed E-state index contributed by atoms with van der Waals surface area (Å²) >= 11 is 1.37. The van der Waals surface area contributed by atoms with Gasteiger partial charge in [-0.15, -0.1) is 11.3 Å². The lowest BCUT2D eigenvalue weighted by atomic mass is 10.1. The smallest absolute Gasteiger partial charge is 0.268 e. The summed E-state index contributed by atoms with van der Waals surface area (Å²) in [4.78, 5) is 33.5. The molecule has 0 bridgehead atoms. The minimum Gasteiger partial charge on any atom is -0.378 e. The van der Waals surface area contributed by atoms with Crippen molar-refractivity contribution in [2.75, 3.05) is 26.3 Å². The third-order valence-corrected chi connectivity index (χ3v) is 6.81. The maximum Gasteiger partial charge on any atom is 0.268 e. The van der Waals surface area contributed by atoms with Crippen molar-refractivity contribution in [3.63, 3.8) is 0 Å². The first-order chi connectivity index (χ1) is 15.9.